The number of carboxylic acid groups (broad SMARTS) is 2. The molecule has 10 nitrogen and oxygen atoms in total. The second kappa shape index (κ2) is 9.03. The van der Waals surface area contributed by atoms with Crippen LogP contribution in [0.2, 0.25) is 0 Å². The molecule has 18 heavy (non-hydrogen) atoms. The topological polar surface area (TPSA) is 175 Å². The van der Waals surface area contributed by atoms with Gasteiger partial charge in [-0.2, -0.15) is 12.4 Å². The summed E-state index contributed by atoms with van der Waals surface area (Å²) in [5.41, 5.74) is 0. The van der Waals surface area contributed by atoms with Crippen molar-refractivity contribution >= 4 is 29.9 Å². The molecule has 0 aliphatic carbocycles. The normalized spacial score (nSPS) is 12.8. The molecule has 0 aromatic carbocycles. The quantitative estimate of drug-likeness (QED) is 0.271. The van der Waals surface area contributed by atoms with Crippen LogP contribution in [-0.2, 0) is 28.2 Å². The van der Waals surface area contributed by atoms with Crippen molar-refractivity contribution in [3.05, 3.63) is 0 Å². The van der Waals surface area contributed by atoms with E-state index in [9.17, 15) is 22.6 Å². The molecule has 0 saturated heterocycles. The summed E-state index contributed by atoms with van der Waals surface area (Å²) in [6.45, 7) is 0. The van der Waals surface area contributed by atoms with Gasteiger partial charge in [0.25, 0.3) is 10.1 Å². The Bertz CT molecular complexity index is 448. The van der Waals surface area contributed by atoms with Crippen LogP contribution in [-0.4, -0.2) is 45.6 Å². The average molecular weight is 326 g/mol. The van der Waals surface area contributed by atoms with Gasteiger partial charge in [0.1, 0.15) is 0 Å². The summed E-state index contributed by atoms with van der Waals surface area (Å²) >= 11 is 0. The van der Waals surface area contributed by atoms with Gasteiger partial charge in [-0.3, -0.25) is 9.59 Å². The molecule has 0 rings (SSSR count). The summed E-state index contributed by atoms with van der Waals surface area (Å²) in [4.78, 5) is 36.9. The van der Waals surface area contributed by atoms with Gasteiger partial charge in [0.15, 0.2) is 5.25 Å². The third-order valence-electron chi connectivity index (χ3n) is 1.18. The van der Waals surface area contributed by atoms with Gasteiger partial charge in [0.05, 0.1) is 6.42 Å². The number of phosphoric acid groups is 1. The Balaban J connectivity index is -0.000000187. The van der Waals surface area contributed by atoms with E-state index >= 15 is 0 Å². The van der Waals surface area contributed by atoms with Gasteiger partial charge in [-0.1, -0.05) is 0 Å². The Morgan fingerprint density at radius 2 is 1.61 bits per heavy atom. The molecular weight excluding hydrogens is 317 g/mol. The largest absolute Gasteiger partial charge is 1.00 e. The zero-order valence-corrected chi connectivity index (χ0v) is 15.1. The monoisotopic (exact) mass is 326 g/mol. The molecular formula is C4H9Na2O10PS. The minimum absolute atomic E-state index is 0. The minimum atomic E-state index is -5.47. The maximum Gasteiger partial charge on any atom is 1.00 e. The molecule has 0 aromatic heterocycles. The molecule has 0 fully saturated rings. The van der Waals surface area contributed by atoms with E-state index in [1.165, 1.54) is 0 Å². The van der Waals surface area contributed by atoms with Crippen LogP contribution in [0.15, 0.2) is 0 Å². The van der Waals surface area contributed by atoms with E-state index in [0.29, 0.717) is 0 Å². The molecule has 0 saturated carbocycles. The molecule has 0 heterocycles. The molecule has 1 atom stereocenters. The van der Waals surface area contributed by atoms with Gasteiger partial charge in [-0.05, 0) is 0 Å². The zero-order chi connectivity index (χ0) is 13.1. The van der Waals surface area contributed by atoms with Crippen molar-refractivity contribution in [1.82, 2.24) is 0 Å². The van der Waals surface area contributed by atoms with Crippen molar-refractivity contribution in [3.8, 4) is 0 Å². The Morgan fingerprint density at radius 1 is 1.22 bits per heavy atom. The van der Waals surface area contributed by atoms with E-state index in [1.807, 2.05) is 0 Å². The van der Waals surface area contributed by atoms with Crippen LogP contribution < -0.4 is 59.1 Å². The van der Waals surface area contributed by atoms with Gasteiger partial charge in [0, 0.05) is 0 Å². The molecule has 1 unspecified atom stereocenters. The van der Waals surface area contributed by atoms with Gasteiger partial charge < -0.3 is 22.9 Å². The maximum atomic E-state index is 11.0. The molecule has 0 amide bonds. The van der Waals surface area contributed by atoms with Gasteiger partial charge >= 0.3 is 78.9 Å². The van der Waals surface area contributed by atoms with Gasteiger partial charge in [0.2, 0.25) is 0 Å². The Hall–Kier alpha value is 1.000. The molecule has 98 valence electrons. The Kier molecular flexibility index (Phi) is 12.1. The molecule has 0 spiro atoms. The van der Waals surface area contributed by atoms with Crippen LogP contribution in [0.1, 0.15) is 9.27 Å². The van der Waals surface area contributed by atoms with Crippen LogP contribution >= 0.6 is 7.82 Å². The third kappa shape index (κ3) is 9.87. The van der Waals surface area contributed by atoms with E-state index in [1.54, 1.807) is 0 Å². The van der Waals surface area contributed by atoms with Gasteiger partial charge in [-0.25, -0.2) is 4.57 Å². The van der Waals surface area contributed by atoms with E-state index in [-0.39, 0.29) is 62.0 Å². The average Bonchev–Trinajstić information content (AvgIpc) is 1.93. The SMILES string of the molecule is O=C(O)CC(C(=O)O)S(=O)(=O)OP(=O)(O)O.[H-].[H-].[Na+].[Na+]. The van der Waals surface area contributed by atoms with Crippen LogP contribution in [0.5, 0.6) is 0 Å². The predicted molar refractivity (Wildman–Crippen MR) is 47.9 cm³/mol. The summed E-state index contributed by atoms with van der Waals surface area (Å²) in [7, 11) is -10.7. The van der Waals surface area contributed by atoms with Crippen LogP contribution in [0, 0.1) is 0 Å². The number of rotatable bonds is 6. The van der Waals surface area contributed by atoms with Crippen LogP contribution in [0.4, 0.5) is 0 Å². The van der Waals surface area contributed by atoms with Crippen molar-refractivity contribution < 1.29 is 109 Å². The molecule has 0 aliphatic heterocycles. The van der Waals surface area contributed by atoms with E-state index in [2.05, 4.69) is 3.97 Å². The van der Waals surface area contributed by atoms with Crippen molar-refractivity contribution in [2.75, 3.05) is 0 Å². The van der Waals surface area contributed by atoms with Crippen molar-refractivity contribution in [3.63, 3.8) is 0 Å². The first-order valence-electron chi connectivity index (χ1n) is 3.41. The summed E-state index contributed by atoms with van der Waals surface area (Å²) in [5, 5.41) is 14.0. The second-order valence-electron chi connectivity index (χ2n) is 2.48. The molecule has 0 aromatic rings. The van der Waals surface area contributed by atoms with Crippen molar-refractivity contribution in [1.29, 1.82) is 0 Å². The smallest absolute Gasteiger partial charge is 1.00 e. The van der Waals surface area contributed by atoms with Crippen molar-refractivity contribution in [2.45, 2.75) is 11.7 Å². The zero-order valence-electron chi connectivity index (χ0n) is 11.4. The van der Waals surface area contributed by atoms with E-state index < -0.39 is 41.6 Å². The van der Waals surface area contributed by atoms with Crippen molar-refractivity contribution in [2.24, 2.45) is 0 Å². The fraction of sp³-hybridized carbons (Fsp3) is 0.500. The Morgan fingerprint density at radius 3 is 1.83 bits per heavy atom. The summed E-state index contributed by atoms with van der Waals surface area (Å²) in [5.74, 6) is -3.86. The second-order valence-corrected chi connectivity index (χ2v) is 5.61. The number of carbonyl (C=O) groups is 2. The first-order chi connectivity index (χ1) is 6.96. The third-order valence-corrected chi connectivity index (χ3v) is 3.86. The molecule has 14 heteroatoms. The van der Waals surface area contributed by atoms with Gasteiger partial charge in [-0.15, -0.1) is 0 Å². The standard InChI is InChI=1S/C4H7O10PS.2Na.2H/c5-3(6)1-2(4(7)8)16(12,13)14-15(9,10)11;;;;/h2H,1H2,(H,5,6)(H,7,8)(H2,9,10,11);;;;/q;2*+1;2*-1. The summed E-state index contributed by atoms with van der Waals surface area (Å²) in [6.07, 6.45) is -1.38. The first-order valence-corrected chi connectivity index (χ1v) is 6.41. The molecule has 0 radical (unpaired) electrons. The molecule has 4 N–H and O–H groups in total. The Labute approximate surface area is 149 Å². The van der Waals surface area contributed by atoms with E-state index in [4.69, 9.17) is 20.0 Å². The predicted octanol–water partition coefficient (Wildman–Crippen LogP) is -7.41. The fourth-order valence-electron chi connectivity index (χ4n) is 0.659. The number of hydrogen-bond acceptors (Lipinski definition) is 6. The maximum absolute atomic E-state index is 11.0. The first kappa shape index (κ1) is 24.0. The number of aliphatic carboxylic acids is 2. The summed E-state index contributed by atoms with van der Waals surface area (Å²) in [6, 6.07) is 0. The van der Waals surface area contributed by atoms with E-state index in [0.717, 1.165) is 0 Å². The van der Waals surface area contributed by atoms with Crippen LogP contribution in [0.3, 0.4) is 0 Å². The number of hydrogen-bond donors (Lipinski definition) is 4. The minimum Gasteiger partial charge on any atom is -1.00 e. The fourth-order valence-corrected chi connectivity index (χ4v) is 2.75. The summed E-state index contributed by atoms with van der Waals surface area (Å²) < 4.78 is 35.4. The molecule has 0 bridgehead atoms. The molecule has 0 aliphatic rings. The van der Waals surface area contributed by atoms with Crippen LogP contribution in [0.25, 0.3) is 0 Å². The number of carboxylic acids is 2.